The van der Waals surface area contributed by atoms with Crippen molar-refractivity contribution in [2.24, 2.45) is 0 Å². The van der Waals surface area contributed by atoms with Gasteiger partial charge in [0.25, 0.3) is 0 Å². The van der Waals surface area contributed by atoms with Gasteiger partial charge in [0.05, 0.1) is 17.1 Å². The first-order valence-corrected chi connectivity index (χ1v) is 8.59. The summed E-state index contributed by atoms with van der Waals surface area (Å²) < 4.78 is 1.92. The number of hydrogen-bond acceptors (Lipinski definition) is 6. The van der Waals surface area contributed by atoms with E-state index in [1.54, 1.807) is 6.08 Å². The minimum Gasteiger partial charge on any atom is -0.383 e. The maximum atomic E-state index is 12.3. The second-order valence-corrected chi connectivity index (χ2v) is 6.59. The number of hydrogen-bond donors (Lipinski definition) is 1. The van der Waals surface area contributed by atoms with Crippen molar-refractivity contribution in [2.75, 3.05) is 39.5 Å². The summed E-state index contributed by atoms with van der Waals surface area (Å²) >= 11 is 0. The average Bonchev–Trinajstić information content (AvgIpc) is 3.19. The van der Waals surface area contributed by atoms with E-state index in [9.17, 15) is 4.79 Å². The zero-order chi connectivity index (χ0) is 18.0. The molecular formula is C17H25N7O. The average molecular weight is 343 g/mol. The van der Waals surface area contributed by atoms with Crippen molar-refractivity contribution < 1.29 is 4.79 Å². The Labute approximate surface area is 147 Å². The van der Waals surface area contributed by atoms with Crippen LogP contribution in [0.1, 0.15) is 25.1 Å². The predicted molar refractivity (Wildman–Crippen MR) is 97.0 cm³/mol. The van der Waals surface area contributed by atoms with Crippen LogP contribution in [0.25, 0.3) is 11.0 Å². The highest BCUT2D eigenvalue weighted by Gasteiger charge is 2.29. The smallest absolute Gasteiger partial charge is 0.246 e. The number of likely N-dealkylation sites (tertiary alicyclic amines) is 1. The number of nitrogens with two attached hydrogens (primary N) is 1. The highest BCUT2D eigenvalue weighted by atomic mass is 16.2. The van der Waals surface area contributed by atoms with Gasteiger partial charge in [-0.25, -0.2) is 14.6 Å². The fourth-order valence-electron chi connectivity index (χ4n) is 3.18. The van der Waals surface area contributed by atoms with Crippen LogP contribution in [-0.2, 0) is 11.2 Å². The van der Waals surface area contributed by atoms with Crippen LogP contribution in [0.4, 0.5) is 5.82 Å². The third-order valence-corrected chi connectivity index (χ3v) is 4.48. The third-order valence-electron chi connectivity index (χ3n) is 4.48. The number of likely N-dealkylation sites (N-methyl/N-ethyl adjacent to an activating group) is 1. The van der Waals surface area contributed by atoms with Crippen LogP contribution in [0.3, 0.4) is 0 Å². The number of nitrogen functional groups attached to an aromatic ring is 1. The van der Waals surface area contributed by atoms with Gasteiger partial charge in [-0.3, -0.25) is 4.79 Å². The van der Waals surface area contributed by atoms with Crippen LogP contribution in [0, 0.1) is 0 Å². The molecule has 2 N–H and O–H groups in total. The van der Waals surface area contributed by atoms with E-state index in [-0.39, 0.29) is 11.9 Å². The van der Waals surface area contributed by atoms with Crippen molar-refractivity contribution in [3.63, 3.8) is 0 Å². The molecule has 134 valence electrons. The van der Waals surface area contributed by atoms with E-state index >= 15 is 0 Å². The van der Waals surface area contributed by atoms with E-state index in [2.05, 4.69) is 9.97 Å². The topological polar surface area (TPSA) is 93.2 Å². The van der Waals surface area contributed by atoms with Crippen molar-refractivity contribution in [3.05, 3.63) is 24.2 Å². The quantitative estimate of drug-likeness (QED) is 0.810. The molecule has 0 bridgehead atoms. The van der Waals surface area contributed by atoms with Gasteiger partial charge in [-0.1, -0.05) is 13.0 Å². The number of carbonyl (C=O) groups is 1. The Morgan fingerprint density at radius 1 is 1.44 bits per heavy atom. The lowest BCUT2D eigenvalue weighted by molar-refractivity contribution is -0.125. The lowest BCUT2D eigenvalue weighted by atomic mass is 10.2. The second-order valence-electron chi connectivity index (χ2n) is 6.59. The molecule has 0 spiro atoms. The fraction of sp³-hybridized carbons (Fsp3) is 0.529. The number of nitrogens with zero attached hydrogens (tertiary/aromatic N) is 6. The third kappa shape index (κ3) is 3.48. The number of aryl methyl sites for hydroxylation is 1. The van der Waals surface area contributed by atoms with Gasteiger partial charge >= 0.3 is 0 Å². The van der Waals surface area contributed by atoms with E-state index in [0.29, 0.717) is 12.4 Å². The van der Waals surface area contributed by atoms with Gasteiger partial charge in [-0.15, -0.1) is 0 Å². The number of anilines is 1. The molecule has 8 heteroatoms. The summed E-state index contributed by atoms with van der Waals surface area (Å²) in [6.07, 6.45) is 6.64. The molecule has 8 nitrogen and oxygen atoms in total. The number of carbonyl (C=O) groups excluding carboxylic acids is 1. The summed E-state index contributed by atoms with van der Waals surface area (Å²) in [7, 11) is 3.95. The Kier molecular flexibility index (Phi) is 4.98. The Bertz CT molecular complexity index is 796. The monoisotopic (exact) mass is 343 g/mol. The van der Waals surface area contributed by atoms with Gasteiger partial charge in [0.1, 0.15) is 12.1 Å². The summed E-state index contributed by atoms with van der Waals surface area (Å²) in [5, 5.41) is 5.54. The van der Waals surface area contributed by atoms with Crippen molar-refractivity contribution in [1.82, 2.24) is 29.5 Å². The molecule has 0 aliphatic carbocycles. The van der Waals surface area contributed by atoms with Crippen molar-refractivity contribution in [2.45, 2.75) is 25.8 Å². The molecule has 3 rings (SSSR count). The van der Waals surface area contributed by atoms with Crippen molar-refractivity contribution in [3.8, 4) is 0 Å². The summed E-state index contributed by atoms with van der Waals surface area (Å²) in [5.74, 6) is 0.510. The van der Waals surface area contributed by atoms with Crippen LogP contribution in [0.5, 0.6) is 0 Å². The van der Waals surface area contributed by atoms with Crippen LogP contribution in [-0.4, -0.2) is 69.2 Å². The normalized spacial score (nSPS) is 18.1. The van der Waals surface area contributed by atoms with Crippen molar-refractivity contribution >= 4 is 22.8 Å². The van der Waals surface area contributed by atoms with Gasteiger partial charge < -0.3 is 15.5 Å². The van der Waals surface area contributed by atoms with Crippen LogP contribution < -0.4 is 5.73 Å². The zero-order valence-corrected chi connectivity index (χ0v) is 15.0. The molecule has 0 aromatic carbocycles. The molecule has 1 unspecified atom stereocenters. The lowest BCUT2D eigenvalue weighted by Crippen LogP contribution is -2.28. The first-order chi connectivity index (χ1) is 12.0. The van der Waals surface area contributed by atoms with E-state index in [1.165, 1.54) is 6.33 Å². The number of amides is 1. The van der Waals surface area contributed by atoms with Gasteiger partial charge in [0.2, 0.25) is 5.91 Å². The molecule has 1 saturated heterocycles. The zero-order valence-electron chi connectivity index (χ0n) is 15.0. The van der Waals surface area contributed by atoms with E-state index in [0.717, 1.165) is 42.7 Å². The summed E-state index contributed by atoms with van der Waals surface area (Å²) in [6.45, 7) is 4.15. The molecule has 25 heavy (non-hydrogen) atoms. The molecular weight excluding hydrogens is 318 g/mol. The molecule has 3 heterocycles. The number of rotatable bonds is 5. The minimum atomic E-state index is 0.0469. The molecule has 0 radical (unpaired) electrons. The Morgan fingerprint density at radius 3 is 2.96 bits per heavy atom. The summed E-state index contributed by atoms with van der Waals surface area (Å²) in [6, 6.07) is 0.114. The number of aromatic nitrogens is 4. The maximum absolute atomic E-state index is 12.3. The van der Waals surface area contributed by atoms with Crippen LogP contribution in [0.2, 0.25) is 0 Å². The summed E-state index contributed by atoms with van der Waals surface area (Å²) in [4.78, 5) is 24.7. The standard InChI is InChI=1S/C17H25N7O/c1-4-13-15-16(18)19-11-20-17(15)24(21-13)12-7-9-23(10-12)14(25)6-5-8-22(2)3/h5-6,11-12H,4,7-10H2,1-3H3,(H2,18,19,20). The molecule has 2 aromatic heterocycles. The SMILES string of the molecule is CCc1nn(C2CCN(C(=O)C=CCN(C)C)C2)c2ncnc(N)c12. The molecule has 1 aliphatic heterocycles. The van der Waals surface area contributed by atoms with Crippen LogP contribution >= 0.6 is 0 Å². The van der Waals surface area contributed by atoms with E-state index < -0.39 is 0 Å². The Morgan fingerprint density at radius 2 is 2.24 bits per heavy atom. The maximum Gasteiger partial charge on any atom is 0.246 e. The molecule has 1 fully saturated rings. The van der Waals surface area contributed by atoms with Crippen molar-refractivity contribution in [1.29, 1.82) is 0 Å². The fourth-order valence-corrected chi connectivity index (χ4v) is 3.18. The lowest BCUT2D eigenvalue weighted by Gasteiger charge is -2.15. The van der Waals surface area contributed by atoms with E-state index in [1.807, 2.05) is 41.6 Å². The highest BCUT2D eigenvalue weighted by molar-refractivity contribution is 5.89. The van der Waals surface area contributed by atoms with Gasteiger partial charge in [-0.05, 0) is 26.9 Å². The molecule has 1 atom stereocenters. The largest absolute Gasteiger partial charge is 0.383 e. The minimum absolute atomic E-state index is 0.0469. The predicted octanol–water partition coefficient (Wildman–Crippen LogP) is 0.862. The summed E-state index contributed by atoms with van der Waals surface area (Å²) in [5.41, 5.74) is 7.68. The highest BCUT2D eigenvalue weighted by Crippen LogP contribution is 2.28. The van der Waals surface area contributed by atoms with Gasteiger partial charge in [0, 0.05) is 25.7 Å². The number of fused-ring (bicyclic) bond motifs is 1. The first-order valence-electron chi connectivity index (χ1n) is 8.59. The Balaban J connectivity index is 1.79. The van der Waals surface area contributed by atoms with Gasteiger partial charge in [-0.2, -0.15) is 5.10 Å². The molecule has 0 saturated carbocycles. The molecule has 1 aliphatic rings. The molecule has 2 aromatic rings. The van der Waals surface area contributed by atoms with Gasteiger partial charge in [0.15, 0.2) is 5.65 Å². The Hall–Kier alpha value is -2.48. The second kappa shape index (κ2) is 7.18. The molecule has 1 amide bonds. The van der Waals surface area contributed by atoms with Crippen LogP contribution in [0.15, 0.2) is 18.5 Å². The van der Waals surface area contributed by atoms with E-state index in [4.69, 9.17) is 10.8 Å². The first kappa shape index (κ1) is 17.3.